The Kier molecular flexibility index (Phi) is 5.70. The fourth-order valence-corrected chi connectivity index (χ4v) is 3.22. The van der Waals surface area contributed by atoms with Gasteiger partial charge in [0.25, 0.3) is 0 Å². The Labute approximate surface area is 124 Å². The first-order chi connectivity index (χ1) is 8.81. The van der Waals surface area contributed by atoms with Crippen LogP contribution in [-0.2, 0) is 0 Å². The quantitative estimate of drug-likeness (QED) is 0.602. The lowest BCUT2D eigenvalue weighted by molar-refractivity contribution is 0.589. The monoisotopic (exact) mass is 355 g/mol. The van der Waals surface area contributed by atoms with Crippen LogP contribution < -0.4 is 5.32 Å². The van der Waals surface area contributed by atoms with E-state index in [-0.39, 0.29) is 0 Å². The van der Waals surface area contributed by atoms with Crippen molar-refractivity contribution in [3.8, 4) is 0 Å². The third-order valence-electron chi connectivity index (χ3n) is 3.54. The number of nitrogens with one attached hydrogen (secondary N) is 1. The first-order valence-corrected chi connectivity index (χ1v) is 8.07. The third-order valence-corrected chi connectivity index (χ3v) is 4.21. The minimum absolute atomic E-state index is 0.419. The number of benzene rings is 1. The van der Waals surface area contributed by atoms with E-state index in [1.165, 1.54) is 41.2 Å². The number of hydrogen-bond donors (Lipinski definition) is 1. The van der Waals surface area contributed by atoms with Crippen LogP contribution in [-0.4, -0.2) is 6.54 Å². The van der Waals surface area contributed by atoms with Crippen LogP contribution in [0.15, 0.2) is 35.9 Å². The molecule has 1 aliphatic carbocycles. The van der Waals surface area contributed by atoms with E-state index in [4.69, 9.17) is 0 Å². The van der Waals surface area contributed by atoms with Crippen LogP contribution in [0.2, 0.25) is 0 Å². The largest absolute Gasteiger partial charge is 0.307 e. The SMILES string of the molecule is CCNC(C1=CCCCCC1)c1cccc(I)c1. The zero-order valence-electron chi connectivity index (χ0n) is 11.1. The van der Waals surface area contributed by atoms with E-state index in [2.05, 4.69) is 65.2 Å². The summed E-state index contributed by atoms with van der Waals surface area (Å²) in [5.74, 6) is 0. The second-order valence-corrected chi connectivity index (χ2v) is 6.17. The fraction of sp³-hybridized carbons (Fsp3) is 0.500. The molecule has 1 unspecified atom stereocenters. The minimum atomic E-state index is 0.419. The van der Waals surface area contributed by atoms with Gasteiger partial charge in [0.1, 0.15) is 0 Å². The molecule has 1 nitrogen and oxygen atoms in total. The normalized spacial score (nSPS) is 18.0. The molecule has 18 heavy (non-hydrogen) atoms. The molecule has 0 bridgehead atoms. The van der Waals surface area contributed by atoms with Crippen LogP contribution in [0.3, 0.4) is 0 Å². The van der Waals surface area contributed by atoms with Crippen molar-refractivity contribution in [3.05, 3.63) is 45.0 Å². The molecule has 1 atom stereocenters. The number of rotatable bonds is 4. The summed E-state index contributed by atoms with van der Waals surface area (Å²) in [4.78, 5) is 0. The van der Waals surface area contributed by atoms with Gasteiger partial charge >= 0.3 is 0 Å². The third kappa shape index (κ3) is 3.82. The summed E-state index contributed by atoms with van der Waals surface area (Å²) in [5.41, 5.74) is 3.01. The smallest absolute Gasteiger partial charge is 0.0536 e. The van der Waals surface area contributed by atoms with Gasteiger partial charge < -0.3 is 5.32 Å². The Hall–Kier alpha value is -0.350. The Bertz CT molecular complexity index is 411. The Balaban J connectivity index is 2.24. The predicted molar refractivity (Wildman–Crippen MR) is 86.7 cm³/mol. The molecule has 1 N–H and O–H groups in total. The summed E-state index contributed by atoms with van der Waals surface area (Å²) in [7, 11) is 0. The van der Waals surface area contributed by atoms with Crippen LogP contribution in [0.4, 0.5) is 0 Å². The fourth-order valence-electron chi connectivity index (χ4n) is 2.66. The van der Waals surface area contributed by atoms with Gasteiger partial charge in [0.2, 0.25) is 0 Å². The van der Waals surface area contributed by atoms with Crippen molar-refractivity contribution in [2.45, 2.75) is 45.1 Å². The van der Waals surface area contributed by atoms with Crippen molar-refractivity contribution in [2.75, 3.05) is 6.54 Å². The molecule has 0 spiro atoms. The van der Waals surface area contributed by atoms with Gasteiger partial charge in [-0.25, -0.2) is 0 Å². The molecule has 0 fully saturated rings. The van der Waals surface area contributed by atoms with Crippen molar-refractivity contribution < 1.29 is 0 Å². The highest BCUT2D eigenvalue weighted by atomic mass is 127. The van der Waals surface area contributed by atoms with E-state index in [0.717, 1.165) is 6.54 Å². The highest BCUT2D eigenvalue weighted by Crippen LogP contribution is 2.29. The van der Waals surface area contributed by atoms with Crippen molar-refractivity contribution in [1.29, 1.82) is 0 Å². The van der Waals surface area contributed by atoms with Gasteiger partial charge in [0, 0.05) is 3.57 Å². The molecule has 0 heterocycles. The van der Waals surface area contributed by atoms with Gasteiger partial charge in [-0.05, 0) is 72.5 Å². The lowest BCUT2D eigenvalue weighted by atomic mass is 9.95. The molecule has 1 aromatic rings. The van der Waals surface area contributed by atoms with Gasteiger partial charge in [0.15, 0.2) is 0 Å². The van der Waals surface area contributed by atoms with Crippen LogP contribution in [0.5, 0.6) is 0 Å². The van der Waals surface area contributed by atoms with E-state index < -0.39 is 0 Å². The van der Waals surface area contributed by atoms with Crippen LogP contribution >= 0.6 is 22.6 Å². The number of halogens is 1. The summed E-state index contributed by atoms with van der Waals surface area (Å²) in [5, 5.41) is 3.65. The van der Waals surface area contributed by atoms with Gasteiger partial charge in [-0.3, -0.25) is 0 Å². The predicted octanol–water partition coefficient (Wildman–Crippen LogP) is 4.83. The van der Waals surface area contributed by atoms with E-state index in [9.17, 15) is 0 Å². The molecule has 0 saturated carbocycles. The average molecular weight is 355 g/mol. The molecule has 0 saturated heterocycles. The van der Waals surface area contributed by atoms with Crippen molar-refractivity contribution in [2.24, 2.45) is 0 Å². The van der Waals surface area contributed by atoms with Gasteiger partial charge in [-0.15, -0.1) is 0 Å². The van der Waals surface area contributed by atoms with Gasteiger partial charge in [0.05, 0.1) is 6.04 Å². The molecular weight excluding hydrogens is 333 g/mol. The minimum Gasteiger partial charge on any atom is -0.307 e. The second-order valence-electron chi connectivity index (χ2n) is 4.92. The van der Waals surface area contributed by atoms with Crippen LogP contribution in [0, 0.1) is 3.57 Å². The Morgan fingerprint density at radius 3 is 2.94 bits per heavy atom. The Morgan fingerprint density at radius 2 is 2.17 bits per heavy atom. The number of allylic oxidation sites excluding steroid dienone is 1. The van der Waals surface area contributed by atoms with Crippen molar-refractivity contribution >= 4 is 22.6 Å². The summed E-state index contributed by atoms with van der Waals surface area (Å²) in [6.45, 7) is 3.21. The average Bonchev–Trinajstić information content (AvgIpc) is 2.64. The molecule has 0 amide bonds. The lowest BCUT2D eigenvalue weighted by Crippen LogP contribution is -2.23. The Morgan fingerprint density at radius 1 is 1.28 bits per heavy atom. The molecule has 2 heteroatoms. The highest BCUT2D eigenvalue weighted by molar-refractivity contribution is 14.1. The first-order valence-electron chi connectivity index (χ1n) is 6.99. The van der Waals surface area contributed by atoms with Crippen LogP contribution in [0.25, 0.3) is 0 Å². The topological polar surface area (TPSA) is 12.0 Å². The van der Waals surface area contributed by atoms with Crippen molar-refractivity contribution in [3.63, 3.8) is 0 Å². The molecular formula is C16H22IN. The number of likely N-dealkylation sites (N-methyl/N-ethyl adjacent to an activating group) is 1. The second kappa shape index (κ2) is 7.29. The van der Waals surface area contributed by atoms with Gasteiger partial charge in [-0.1, -0.05) is 37.1 Å². The van der Waals surface area contributed by atoms with Crippen LogP contribution in [0.1, 0.15) is 50.6 Å². The summed E-state index contributed by atoms with van der Waals surface area (Å²) >= 11 is 2.40. The first kappa shape index (κ1) is 14.1. The summed E-state index contributed by atoms with van der Waals surface area (Å²) in [6, 6.07) is 9.30. The van der Waals surface area contributed by atoms with E-state index in [0.29, 0.717) is 6.04 Å². The maximum Gasteiger partial charge on any atom is 0.0536 e. The summed E-state index contributed by atoms with van der Waals surface area (Å²) in [6.07, 6.45) is 9.06. The zero-order valence-corrected chi connectivity index (χ0v) is 13.2. The molecule has 0 aromatic heterocycles. The van der Waals surface area contributed by atoms with E-state index >= 15 is 0 Å². The highest BCUT2D eigenvalue weighted by Gasteiger charge is 2.16. The molecule has 0 radical (unpaired) electrons. The van der Waals surface area contributed by atoms with E-state index in [1.807, 2.05) is 0 Å². The van der Waals surface area contributed by atoms with E-state index in [1.54, 1.807) is 5.57 Å². The standard InChI is InChI=1S/C16H22IN/c1-2-18-16(13-8-5-3-4-6-9-13)14-10-7-11-15(17)12-14/h7-8,10-12,16,18H,2-6,9H2,1H3. The molecule has 1 aliphatic rings. The maximum atomic E-state index is 3.65. The molecule has 98 valence electrons. The molecule has 2 rings (SSSR count). The van der Waals surface area contributed by atoms with Crippen molar-refractivity contribution in [1.82, 2.24) is 5.32 Å². The lowest BCUT2D eigenvalue weighted by Gasteiger charge is -2.22. The van der Waals surface area contributed by atoms with Gasteiger partial charge in [-0.2, -0.15) is 0 Å². The number of hydrogen-bond acceptors (Lipinski definition) is 1. The maximum absolute atomic E-state index is 3.65. The molecule has 0 aliphatic heterocycles. The molecule has 1 aromatic carbocycles. The summed E-state index contributed by atoms with van der Waals surface area (Å²) < 4.78 is 1.32. The zero-order chi connectivity index (χ0) is 12.8.